The Hall–Kier alpha value is -2.91. The molecule has 0 radical (unpaired) electrons. The number of hydrogen-bond donors (Lipinski definition) is 0. The molecule has 0 aliphatic rings. The van der Waals surface area contributed by atoms with Gasteiger partial charge < -0.3 is 9.15 Å². The monoisotopic (exact) mass is 310 g/mol. The number of rotatable bonds is 3. The molecule has 0 bridgehead atoms. The highest BCUT2D eigenvalue weighted by molar-refractivity contribution is 7.19. The van der Waals surface area contributed by atoms with Crippen LogP contribution in [0, 0.1) is 11.3 Å². The first-order valence-electron chi connectivity index (χ1n) is 6.37. The number of aromatic nitrogens is 1. The molecule has 0 amide bonds. The highest BCUT2D eigenvalue weighted by Crippen LogP contribution is 2.28. The first-order valence-corrected chi connectivity index (χ1v) is 7.19. The molecule has 0 saturated heterocycles. The first kappa shape index (κ1) is 14.0. The van der Waals surface area contributed by atoms with Crippen LogP contribution in [0.3, 0.4) is 0 Å². The summed E-state index contributed by atoms with van der Waals surface area (Å²) in [6.07, 6.45) is 1.56. The predicted molar refractivity (Wildman–Crippen MR) is 83.2 cm³/mol. The van der Waals surface area contributed by atoms with Crippen LogP contribution in [0.1, 0.15) is 21.3 Å². The topological polar surface area (TPSA) is 76.1 Å². The molecule has 0 spiro atoms. The number of furan rings is 1. The maximum atomic E-state index is 11.4. The van der Waals surface area contributed by atoms with Gasteiger partial charge in [0.25, 0.3) is 0 Å². The number of nitriles is 1. The maximum absolute atomic E-state index is 11.4. The maximum Gasteiger partial charge on any atom is 0.373 e. The Bertz CT molecular complexity index is 882. The zero-order valence-corrected chi connectivity index (χ0v) is 12.4. The van der Waals surface area contributed by atoms with Crippen molar-refractivity contribution in [2.45, 2.75) is 0 Å². The normalized spacial score (nSPS) is 11.4. The molecule has 0 aliphatic carbocycles. The van der Waals surface area contributed by atoms with E-state index in [0.29, 0.717) is 16.3 Å². The van der Waals surface area contributed by atoms with Gasteiger partial charge in [-0.15, -0.1) is 11.3 Å². The number of ether oxygens (including phenoxy) is 1. The number of benzene rings is 1. The molecule has 0 N–H and O–H groups in total. The van der Waals surface area contributed by atoms with Gasteiger partial charge in [-0.3, -0.25) is 0 Å². The van der Waals surface area contributed by atoms with Gasteiger partial charge in [0.05, 0.1) is 22.9 Å². The lowest BCUT2D eigenvalue weighted by Crippen LogP contribution is -1.98. The molecule has 3 rings (SSSR count). The fourth-order valence-corrected chi connectivity index (χ4v) is 2.84. The van der Waals surface area contributed by atoms with Crippen LogP contribution in [-0.2, 0) is 4.74 Å². The van der Waals surface area contributed by atoms with Crippen molar-refractivity contribution in [1.82, 2.24) is 4.98 Å². The third kappa shape index (κ3) is 2.62. The summed E-state index contributed by atoms with van der Waals surface area (Å²) in [4.78, 5) is 15.8. The second kappa shape index (κ2) is 5.84. The SMILES string of the molecule is COC(=O)c1ccc(/C=C(\C#N)c2nc3ccccc3s2)o1. The molecule has 2 heterocycles. The molecule has 0 aliphatic heterocycles. The quantitative estimate of drug-likeness (QED) is 0.544. The van der Waals surface area contributed by atoms with E-state index in [-0.39, 0.29) is 5.76 Å². The summed E-state index contributed by atoms with van der Waals surface area (Å²) in [5, 5.41) is 9.95. The number of carbonyl (C=O) groups excluding carboxylic acids is 1. The van der Waals surface area contributed by atoms with Gasteiger partial charge >= 0.3 is 5.97 Å². The van der Waals surface area contributed by atoms with Gasteiger partial charge in [0.2, 0.25) is 5.76 Å². The van der Waals surface area contributed by atoms with E-state index >= 15 is 0 Å². The van der Waals surface area contributed by atoms with E-state index in [2.05, 4.69) is 15.8 Å². The Kier molecular flexibility index (Phi) is 3.73. The number of methoxy groups -OCH3 is 1. The molecule has 3 aromatic rings. The Morgan fingerprint density at radius 1 is 1.36 bits per heavy atom. The van der Waals surface area contributed by atoms with E-state index in [1.54, 1.807) is 12.1 Å². The second-order valence-corrected chi connectivity index (χ2v) is 5.38. The van der Waals surface area contributed by atoms with Crippen LogP contribution in [0.15, 0.2) is 40.8 Å². The summed E-state index contributed by atoms with van der Waals surface area (Å²) in [5.74, 6) is -0.0651. The molecular weight excluding hydrogens is 300 g/mol. The number of fused-ring (bicyclic) bond motifs is 1. The summed E-state index contributed by atoms with van der Waals surface area (Å²) in [6, 6.07) is 12.9. The van der Waals surface area contributed by atoms with Crippen LogP contribution in [-0.4, -0.2) is 18.1 Å². The number of para-hydroxylation sites is 1. The van der Waals surface area contributed by atoms with Crippen molar-refractivity contribution in [3.63, 3.8) is 0 Å². The first-order chi connectivity index (χ1) is 10.7. The van der Waals surface area contributed by atoms with Crippen LogP contribution >= 0.6 is 11.3 Å². The van der Waals surface area contributed by atoms with E-state index in [4.69, 9.17) is 4.42 Å². The lowest BCUT2D eigenvalue weighted by molar-refractivity contribution is 0.0564. The van der Waals surface area contributed by atoms with Crippen molar-refractivity contribution in [3.05, 3.63) is 52.9 Å². The Morgan fingerprint density at radius 2 is 2.18 bits per heavy atom. The average molecular weight is 310 g/mol. The number of hydrogen-bond acceptors (Lipinski definition) is 6. The molecule has 22 heavy (non-hydrogen) atoms. The summed E-state index contributed by atoms with van der Waals surface area (Å²) in [5.41, 5.74) is 1.23. The van der Waals surface area contributed by atoms with Crippen LogP contribution in [0.2, 0.25) is 0 Å². The van der Waals surface area contributed by atoms with E-state index < -0.39 is 5.97 Å². The van der Waals surface area contributed by atoms with Gasteiger partial charge in [-0.2, -0.15) is 5.26 Å². The Balaban J connectivity index is 1.98. The van der Waals surface area contributed by atoms with E-state index in [1.165, 1.54) is 24.5 Å². The molecule has 2 aromatic heterocycles. The minimum atomic E-state index is -0.557. The third-order valence-corrected chi connectivity index (χ3v) is 4.01. The highest BCUT2D eigenvalue weighted by atomic mass is 32.1. The van der Waals surface area contributed by atoms with Gasteiger partial charge in [0.1, 0.15) is 16.8 Å². The molecule has 6 heteroatoms. The zero-order valence-electron chi connectivity index (χ0n) is 11.6. The smallest absolute Gasteiger partial charge is 0.373 e. The fraction of sp³-hybridized carbons (Fsp3) is 0.0625. The van der Waals surface area contributed by atoms with Crippen molar-refractivity contribution >= 4 is 39.2 Å². The van der Waals surface area contributed by atoms with Crippen molar-refractivity contribution in [3.8, 4) is 6.07 Å². The van der Waals surface area contributed by atoms with Crippen molar-refractivity contribution in [2.75, 3.05) is 7.11 Å². The van der Waals surface area contributed by atoms with E-state index in [9.17, 15) is 10.1 Å². The number of nitrogens with zero attached hydrogens (tertiary/aromatic N) is 2. The lowest BCUT2D eigenvalue weighted by atomic mass is 10.2. The van der Waals surface area contributed by atoms with Crippen LogP contribution < -0.4 is 0 Å². The Morgan fingerprint density at radius 3 is 2.91 bits per heavy atom. The minimum absolute atomic E-state index is 0.0929. The van der Waals surface area contributed by atoms with Crippen molar-refractivity contribution < 1.29 is 13.9 Å². The highest BCUT2D eigenvalue weighted by Gasteiger charge is 2.12. The van der Waals surface area contributed by atoms with Gasteiger partial charge in [0, 0.05) is 6.08 Å². The van der Waals surface area contributed by atoms with Crippen LogP contribution in [0.4, 0.5) is 0 Å². The number of carbonyl (C=O) groups is 1. The lowest BCUT2D eigenvalue weighted by Gasteiger charge is -1.93. The van der Waals surface area contributed by atoms with Gasteiger partial charge in [-0.05, 0) is 24.3 Å². The molecule has 0 atom stereocenters. The molecule has 0 unspecified atom stereocenters. The van der Waals surface area contributed by atoms with Gasteiger partial charge in [-0.25, -0.2) is 9.78 Å². The largest absolute Gasteiger partial charge is 0.463 e. The van der Waals surface area contributed by atoms with Gasteiger partial charge in [0.15, 0.2) is 0 Å². The van der Waals surface area contributed by atoms with Crippen LogP contribution in [0.25, 0.3) is 21.9 Å². The van der Waals surface area contributed by atoms with E-state index in [0.717, 1.165) is 10.2 Å². The summed E-state index contributed by atoms with van der Waals surface area (Å²) < 4.78 is 10.9. The van der Waals surface area contributed by atoms with Gasteiger partial charge in [-0.1, -0.05) is 12.1 Å². The second-order valence-electron chi connectivity index (χ2n) is 4.35. The van der Waals surface area contributed by atoms with Crippen molar-refractivity contribution in [2.24, 2.45) is 0 Å². The Labute approximate surface area is 130 Å². The minimum Gasteiger partial charge on any atom is -0.463 e. The molecule has 0 fully saturated rings. The van der Waals surface area contributed by atoms with Crippen LogP contribution in [0.5, 0.6) is 0 Å². The summed E-state index contributed by atoms with van der Waals surface area (Å²) in [6.45, 7) is 0. The standard InChI is InChI=1S/C16H10N2O3S/c1-20-16(19)13-7-6-11(21-13)8-10(9-17)15-18-12-4-2-3-5-14(12)22-15/h2-8H,1H3/b10-8+. The summed E-state index contributed by atoms with van der Waals surface area (Å²) >= 11 is 1.43. The molecule has 108 valence electrons. The molecule has 1 aromatic carbocycles. The third-order valence-electron chi connectivity index (χ3n) is 2.94. The van der Waals surface area contributed by atoms with Crippen molar-refractivity contribution in [1.29, 1.82) is 5.26 Å². The average Bonchev–Trinajstić information content (AvgIpc) is 3.18. The molecule has 5 nitrogen and oxygen atoms in total. The molecular formula is C16H10N2O3S. The number of thiazole rings is 1. The number of esters is 1. The zero-order chi connectivity index (χ0) is 15.5. The summed E-state index contributed by atoms with van der Waals surface area (Å²) in [7, 11) is 1.28. The number of allylic oxidation sites excluding steroid dienone is 1. The fourth-order valence-electron chi connectivity index (χ4n) is 1.91. The van der Waals surface area contributed by atoms with E-state index in [1.807, 2.05) is 24.3 Å². The predicted octanol–water partition coefficient (Wildman–Crippen LogP) is 3.74. The molecule has 0 saturated carbocycles.